The molecule has 0 unspecified atom stereocenters. The molecule has 104 valence electrons. The van der Waals surface area contributed by atoms with Crippen LogP contribution in [0.4, 0.5) is 10.5 Å². The van der Waals surface area contributed by atoms with Crippen molar-refractivity contribution in [2.75, 3.05) is 11.9 Å². The summed E-state index contributed by atoms with van der Waals surface area (Å²) in [5.74, 6) is -0.861. The highest BCUT2D eigenvalue weighted by molar-refractivity contribution is 9.10. The lowest BCUT2D eigenvalue weighted by Gasteiger charge is -2.11. The van der Waals surface area contributed by atoms with Gasteiger partial charge in [0, 0.05) is 23.1 Å². The molecule has 0 heterocycles. The summed E-state index contributed by atoms with van der Waals surface area (Å²) in [6.07, 6.45) is 0.467. The summed E-state index contributed by atoms with van der Waals surface area (Å²) in [5, 5.41) is 13.8. The number of benzene rings is 1. The third kappa shape index (κ3) is 5.30. The maximum Gasteiger partial charge on any atom is 0.319 e. The van der Waals surface area contributed by atoms with Crippen LogP contribution in [-0.2, 0) is 4.79 Å². The number of anilines is 1. The first-order valence-electron chi connectivity index (χ1n) is 5.93. The number of carbonyl (C=O) groups excluding carboxylic acids is 1. The van der Waals surface area contributed by atoms with E-state index in [0.29, 0.717) is 13.0 Å². The van der Waals surface area contributed by atoms with Crippen LogP contribution in [0.15, 0.2) is 16.6 Å². The number of carbonyl (C=O) groups is 2. The van der Waals surface area contributed by atoms with Crippen LogP contribution in [0.1, 0.15) is 24.0 Å². The van der Waals surface area contributed by atoms with E-state index in [1.54, 1.807) is 0 Å². The van der Waals surface area contributed by atoms with Crippen LogP contribution >= 0.6 is 15.9 Å². The van der Waals surface area contributed by atoms with Crippen molar-refractivity contribution in [3.63, 3.8) is 0 Å². The second-order valence-electron chi connectivity index (χ2n) is 4.29. The van der Waals surface area contributed by atoms with Crippen LogP contribution < -0.4 is 10.6 Å². The Hall–Kier alpha value is -1.56. The van der Waals surface area contributed by atoms with E-state index in [1.807, 2.05) is 26.0 Å². The maximum atomic E-state index is 11.6. The predicted molar refractivity (Wildman–Crippen MR) is 77.5 cm³/mol. The molecular weight excluding hydrogens is 312 g/mol. The Labute approximate surface area is 120 Å². The maximum absolute atomic E-state index is 11.6. The van der Waals surface area contributed by atoms with Gasteiger partial charge in [0.1, 0.15) is 0 Å². The molecule has 2 amide bonds. The summed E-state index contributed by atoms with van der Waals surface area (Å²) >= 11 is 3.41. The van der Waals surface area contributed by atoms with Gasteiger partial charge >= 0.3 is 12.0 Å². The molecule has 1 aromatic rings. The largest absolute Gasteiger partial charge is 0.481 e. The highest BCUT2D eigenvalue weighted by Crippen LogP contribution is 2.24. The average Bonchev–Trinajstić information content (AvgIpc) is 2.31. The summed E-state index contributed by atoms with van der Waals surface area (Å²) in [6, 6.07) is 3.50. The van der Waals surface area contributed by atoms with Gasteiger partial charge in [-0.15, -0.1) is 0 Å². The van der Waals surface area contributed by atoms with Crippen LogP contribution in [0.25, 0.3) is 0 Å². The molecule has 0 radical (unpaired) electrons. The zero-order valence-corrected chi connectivity index (χ0v) is 12.5. The molecule has 0 aromatic heterocycles. The van der Waals surface area contributed by atoms with E-state index in [4.69, 9.17) is 5.11 Å². The lowest BCUT2D eigenvalue weighted by Crippen LogP contribution is -2.30. The number of halogens is 1. The van der Waals surface area contributed by atoms with E-state index < -0.39 is 5.97 Å². The zero-order valence-electron chi connectivity index (χ0n) is 10.9. The molecule has 0 bridgehead atoms. The molecule has 6 heteroatoms. The van der Waals surface area contributed by atoms with Gasteiger partial charge in [0.2, 0.25) is 0 Å². The molecule has 0 spiro atoms. The van der Waals surface area contributed by atoms with E-state index in [-0.39, 0.29) is 12.5 Å². The molecule has 0 aliphatic rings. The van der Waals surface area contributed by atoms with E-state index in [9.17, 15) is 9.59 Å². The summed E-state index contributed by atoms with van der Waals surface area (Å²) in [7, 11) is 0. The normalized spacial score (nSPS) is 10.1. The Bertz CT molecular complexity index is 489. The first-order chi connectivity index (χ1) is 8.90. The molecule has 0 aliphatic heterocycles. The molecule has 0 aliphatic carbocycles. The lowest BCUT2D eigenvalue weighted by molar-refractivity contribution is -0.137. The SMILES string of the molecule is Cc1cc(C)c(NC(=O)NCCCC(=O)O)cc1Br. The summed E-state index contributed by atoms with van der Waals surface area (Å²) in [5.41, 5.74) is 2.81. The van der Waals surface area contributed by atoms with E-state index in [0.717, 1.165) is 21.3 Å². The number of aryl methyl sites for hydroxylation is 2. The van der Waals surface area contributed by atoms with Gasteiger partial charge < -0.3 is 15.7 Å². The van der Waals surface area contributed by atoms with Gasteiger partial charge in [-0.3, -0.25) is 4.79 Å². The molecule has 1 rings (SSSR count). The average molecular weight is 329 g/mol. The first kappa shape index (κ1) is 15.5. The number of amides is 2. The predicted octanol–water partition coefficient (Wildman–Crippen LogP) is 3.05. The van der Waals surface area contributed by atoms with E-state index >= 15 is 0 Å². The number of aliphatic carboxylic acids is 1. The number of carboxylic acids is 1. The van der Waals surface area contributed by atoms with Gasteiger partial charge in [-0.05, 0) is 37.5 Å². The third-order valence-electron chi connectivity index (χ3n) is 2.61. The van der Waals surface area contributed by atoms with Crippen LogP contribution in [0.3, 0.4) is 0 Å². The first-order valence-corrected chi connectivity index (χ1v) is 6.73. The molecule has 19 heavy (non-hydrogen) atoms. The Morgan fingerprint density at radius 1 is 1.26 bits per heavy atom. The smallest absolute Gasteiger partial charge is 0.319 e. The van der Waals surface area contributed by atoms with Crippen molar-refractivity contribution >= 4 is 33.6 Å². The van der Waals surface area contributed by atoms with Crippen molar-refractivity contribution in [1.82, 2.24) is 5.32 Å². The number of hydrogen-bond acceptors (Lipinski definition) is 2. The van der Waals surface area contributed by atoms with Crippen LogP contribution in [0.2, 0.25) is 0 Å². The Morgan fingerprint density at radius 3 is 2.58 bits per heavy atom. The van der Waals surface area contributed by atoms with Crippen molar-refractivity contribution < 1.29 is 14.7 Å². The summed E-state index contributed by atoms with van der Waals surface area (Å²) < 4.78 is 0.930. The highest BCUT2D eigenvalue weighted by atomic mass is 79.9. The van der Waals surface area contributed by atoms with E-state index in [2.05, 4.69) is 26.6 Å². The minimum atomic E-state index is -0.861. The van der Waals surface area contributed by atoms with Crippen LogP contribution in [0, 0.1) is 13.8 Å². The molecule has 0 saturated carbocycles. The minimum Gasteiger partial charge on any atom is -0.481 e. The van der Waals surface area contributed by atoms with Crippen LogP contribution in [0.5, 0.6) is 0 Å². The number of hydrogen-bond donors (Lipinski definition) is 3. The monoisotopic (exact) mass is 328 g/mol. The fourth-order valence-corrected chi connectivity index (χ4v) is 1.91. The minimum absolute atomic E-state index is 0.0510. The van der Waals surface area contributed by atoms with E-state index in [1.165, 1.54) is 0 Å². The van der Waals surface area contributed by atoms with Crippen molar-refractivity contribution in [2.24, 2.45) is 0 Å². The number of urea groups is 1. The summed E-state index contributed by atoms with van der Waals surface area (Å²) in [4.78, 5) is 21.9. The third-order valence-corrected chi connectivity index (χ3v) is 3.46. The van der Waals surface area contributed by atoms with Gasteiger partial charge in [0.15, 0.2) is 0 Å². The highest BCUT2D eigenvalue weighted by Gasteiger charge is 2.06. The quantitative estimate of drug-likeness (QED) is 0.727. The number of nitrogens with one attached hydrogen (secondary N) is 2. The molecule has 1 aromatic carbocycles. The van der Waals surface area contributed by atoms with Gasteiger partial charge in [-0.25, -0.2) is 4.79 Å². The standard InChI is InChI=1S/C13H17BrN2O3/c1-8-6-9(2)11(7-10(8)14)16-13(19)15-5-3-4-12(17)18/h6-7H,3-5H2,1-2H3,(H,17,18)(H2,15,16,19). The number of rotatable bonds is 5. The number of carboxylic acid groups (broad SMARTS) is 1. The topological polar surface area (TPSA) is 78.4 Å². The van der Waals surface area contributed by atoms with Gasteiger partial charge in [-0.1, -0.05) is 22.0 Å². The van der Waals surface area contributed by atoms with Crippen molar-refractivity contribution in [2.45, 2.75) is 26.7 Å². The van der Waals surface area contributed by atoms with Gasteiger partial charge in [0.05, 0.1) is 0 Å². The van der Waals surface area contributed by atoms with Gasteiger partial charge in [-0.2, -0.15) is 0 Å². The lowest BCUT2D eigenvalue weighted by atomic mass is 10.1. The fraction of sp³-hybridized carbons (Fsp3) is 0.385. The molecule has 0 fully saturated rings. The molecule has 3 N–H and O–H groups in total. The summed E-state index contributed by atoms with van der Waals surface area (Å²) in [6.45, 7) is 4.23. The van der Waals surface area contributed by atoms with Crippen LogP contribution in [-0.4, -0.2) is 23.7 Å². The zero-order chi connectivity index (χ0) is 14.4. The molecule has 0 atom stereocenters. The Kier molecular flexibility index (Phi) is 5.82. The van der Waals surface area contributed by atoms with Crippen molar-refractivity contribution in [3.05, 3.63) is 27.7 Å². The molecule has 5 nitrogen and oxygen atoms in total. The second-order valence-corrected chi connectivity index (χ2v) is 5.15. The fourth-order valence-electron chi connectivity index (χ4n) is 1.57. The molecule has 0 saturated heterocycles. The van der Waals surface area contributed by atoms with Gasteiger partial charge in [0.25, 0.3) is 0 Å². The Balaban J connectivity index is 2.48. The second kappa shape index (κ2) is 7.13. The Morgan fingerprint density at radius 2 is 1.95 bits per heavy atom. The van der Waals surface area contributed by atoms with Crippen molar-refractivity contribution in [3.8, 4) is 0 Å². The molecular formula is C13H17BrN2O3. The van der Waals surface area contributed by atoms with Crippen molar-refractivity contribution in [1.29, 1.82) is 0 Å².